The van der Waals surface area contributed by atoms with E-state index in [4.69, 9.17) is 27.6 Å². The standard InChI is InChI=1S/C13H14ClNO5S/c1-7(2)21(17,18)20-12-10(16)11(19-13(12)15)8-3-5-9(14)6-4-8/h3-7,11H,15H2,1-2H3/i11D. The van der Waals surface area contributed by atoms with E-state index < -0.39 is 38.9 Å². The molecular formula is C13H14ClNO5S. The van der Waals surface area contributed by atoms with E-state index in [1.54, 1.807) is 0 Å². The highest BCUT2D eigenvalue weighted by Crippen LogP contribution is 2.33. The fraction of sp³-hybridized carbons (Fsp3) is 0.308. The summed E-state index contributed by atoms with van der Waals surface area (Å²) in [5.74, 6) is -2.21. The molecule has 114 valence electrons. The lowest BCUT2D eigenvalue weighted by Crippen LogP contribution is -2.21. The average Bonchev–Trinajstić information content (AvgIpc) is 2.63. The van der Waals surface area contributed by atoms with E-state index in [0.29, 0.717) is 5.02 Å². The first-order chi connectivity index (χ1) is 10.1. The summed E-state index contributed by atoms with van der Waals surface area (Å²) in [6, 6.07) is 5.79. The number of carbonyl (C=O) groups is 1. The van der Waals surface area contributed by atoms with Crippen LogP contribution < -0.4 is 5.73 Å². The number of rotatable bonds is 4. The lowest BCUT2D eigenvalue weighted by molar-refractivity contribution is -0.123. The van der Waals surface area contributed by atoms with Gasteiger partial charge in [-0.15, -0.1) is 0 Å². The van der Waals surface area contributed by atoms with Crippen molar-refractivity contribution < 1.29 is 23.5 Å². The van der Waals surface area contributed by atoms with Crippen LogP contribution in [0.1, 0.15) is 26.9 Å². The molecule has 0 saturated heterocycles. The first kappa shape index (κ1) is 14.2. The van der Waals surface area contributed by atoms with Crippen LogP contribution in [-0.4, -0.2) is 19.5 Å². The molecule has 21 heavy (non-hydrogen) atoms. The summed E-state index contributed by atoms with van der Waals surface area (Å²) < 4.78 is 41.5. The minimum atomic E-state index is -4.03. The molecule has 0 fully saturated rings. The molecule has 1 atom stereocenters. The molecule has 0 radical (unpaired) electrons. The van der Waals surface area contributed by atoms with Crippen molar-refractivity contribution in [3.05, 3.63) is 46.5 Å². The van der Waals surface area contributed by atoms with E-state index >= 15 is 0 Å². The minimum absolute atomic E-state index is 0.158. The molecule has 1 aromatic rings. The summed E-state index contributed by atoms with van der Waals surface area (Å²) in [5, 5.41) is -0.463. The third-order valence-electron chi connectivity index (χ3n) is 2.73. The van der Waals surface area contributed by atoms with Crippen LogP contribution >= 0.6 is 11.6 Å². The molecule has 2 rings (SSSR count). The Morgan fingerprint density at radius 3 is 2.48 bits per heavy atom. The second-order valence-corrected chi connectivity index (χ2v) is 7.12. The topological polar surface area (TPSA) is 95.7 Å². The molecule has 8 heteroatoms. The zero-order valence-corrected chi connectivity index (χ0v) is 12.9. The van der Waals surface area contributed by atoms with Crippen molar-refractivity contribution in [1.29, 1.82) is 0 Å². The smallest absolute Gasteiger partial charge is 0.311 e. The molecule has 1 aliphatic heterocycles. The average molecular weight is 333 g/mol. The summed E-state index contributed by atoms with van der Waals surface area (Å²) in [6.07, 6.45) is -2.20. The molecule has 0 aliphatic carbocycles. The van der Waals surface area contributed by atoms with E-state index in [9.17, 15) is 13.2 Å². The second-order valence-electron chi connectivity index (χ2n) is 4.59. The monoisotopic (exact) mass is 332 g/mol. The van der Waals surface area contributed by atoms with Gasteiger partial charge >= 0.3 is 10.1 Å². The number of benzene rings is 1. The van der Waals surface area contributed by atoms with Gasteiger partial charge in [-0.2, -0.15) is 8.42 Å². The molecule has 0 bridgehead atoms. The highest BCUT2D eigenvalue weighted by molar-refractivity contribution is 7.87. The van der Waals surface area contributed by atoms with Crippen LogP contribution in [0.25, 0.3) is 0 Å². The molecule has 0 spiro atoms. The van der Waals surface area contributed by atoms with E-state index in [1.807, 2.05) is 0 Å². The number of halogens is 1. The van der Waals surface area contributed by atoms with Crippen molar-refractivity contribution in [2.75, 3.05) is 0 Å². The zero-order valence-electron chi connectivity index (χ0n) is 12.3. The van der Waals surface area contributed by atoms with Gasteiger partial charge in [0, 0.05) is 10.6 Å². The molecule has 0 amide bonds. The molecular weight excluding hydrogens is 318 g/mol. The van der Waals surface area contributed by atoms with Crippen molar-refractivity contribution in [3.63, 3.8) is 0 Å². The molecule has 1 aliphatic rings. The lowest BCUT2D eigenvalue weighted by atomic mass is 10.1. The van der Waals surface area contributed by atoms with Crippen molar-refractivity contribution >= 4 is 27.5 Å². The molecule has 0 aromatic heterocycles. The van der Waals surface area contributed by atoms with Crippen LogP contribution in [0.5, 0.6) is 0 Å². The Kier molecular flexibility index (Phi) is 3.77. The van der Waals surface area contributed by atoms with Crippen LogP contribution in [0.15, 0.2) is 35.9 Å². The van der Waals surface area contributed by atoms with Gasteiger partial charge in [0.2, 0.25) is 17.4 Å². The van der Waals surface area contributed by atoms with Gasteiger partial charge in [0.05, 0.1) is 6.62 Å². The minimum Gasteiger partial charge on any atom is -0.460 e. The van der Waals surface area contributed by atoms with Crippen LogP contribution in [0, 0.1) is 0 Å². The number of ketones is 1. The Morgan fingerprint density at radius 1 is 1.38 bits per heavy atom. The summed E-state index contributed by atoms with van der Waals surface area (Å²) in [5.41, 5.74) is 5.68. The van der Waals surface area contributed by atoms with Gasteiger partial charge in [-0.05, 0) is 26.0 Å². The Hall–Kier alpha value is -1.73. The normalized spacial score (nSPS) is 23.2. The van der Waals surface area contributed by atoms with Gasteiger partial charge in [0.25, 0.3) is 0 Å². The summed E-state index contributed by atoms with van der Waals surface area (Å²) in [6.45, 7) is 2.78. The molecule has 1 unspecified atom stereocenters. The van der Waals surface area contributed by atoms with Gasteiger partial charge in [-0.3, -0.25) is 4.79 Å². The summed E-state index contributed by atoms with van der Waals surface area (Å²) in [4.78, 5) is 12.4. The second kappa shape index (κ2) is 5.57. The van der Waals surface area contributed by atoms with Crippen LogP contribution in [0.4, 0.5) is 0 Å². The third kappa shape index (κ3) is 3.14. The van der Waals surface area contributed by atoms with Gasteiger partial charge in [0.15, 0.2) is 6.08 Å². The van der Waals surface area contributed by atoms with Crippen molar-refractivity contribution in [1.82, 2.24) is 0 Å². The van der Waals surface area contributed by atoms with Crippen molar-refractivity contribution in [2.45, 2.75) is 25.2 Å². The van der Waals surface area contributed by atoms with E-state index in [0.717, 1.165) is 0 Å². The zero-order chi connectivity index (χ0) is 16.7. The fourth-order valence-electron chi connectivity index (χ4n) is 1.50. The Labute approximate surface area is 129 Å². The predicted molar refractivity (Wildman–Crippen MR) is 76.6 cm³/mol. The molecule has 2 N–H and O–H groups in total. The van der Waals surface area contributed by atoms with Gasteiger partial charge in [0.1, 0.15) is 0 Å². The molecule has 0 saturated carbocycles. The Bertz CT molecular complexity index is 744. The van der Waals surface area contributed by atoms with Gasteiger partial charge in [-0.1, -0.05) is 23.7 Å². The highest BCUT2D eigenvalue weighted by atomic mass is 35.5. The maximum atomic E-state index is 12.4. The number of ether oxygens (including phenoxy) is 1. The molecule has 1 heterocycles. The first-order valence-corrected chi connectivity index (χ1v) is 7.86. The van der Waals surface area contributed by atoms with E-state index in [2.05, 4.69) is 0 Å². The predicted octanol–water partition coefficient (Wildman–Crippen LogP) is 1.86. The number of nitrogens with two attached hydrogens (primary N) is 1. The Balaban J connectivity index is 2.36. The lowest BCUT2D eigenvalue weighted by Gasteiger charge is -2.10. The summed E-state index contributed by atoms with van der Waals surface area (Å²) in [7, 11) is -4.03. The van der Waals surface area contributed by atoms with Crippen molar-refractivity contribution in [2.24, 2.45) is 5.73 Å². The maximum absolute atomic E-state index is 12.4. The van der Waals surface area contributed by atoms with E-state index in [1.165, 1.54) is 38.1 Å². The maximum Gasteiger partial charge on any atom is 0.311 e. The van der Waals surface area contributed by atoms with Crippen LogP contribution in [0.3, 0.4) is 0 Å². The van der Waals surface area contributed by atoms with Crippen LogP contribution in [0.2, 0.25) is 5.02 Å². The van der Waals surface area contributed by atoms with Gasteiger partial charge < -0.3 is 14.7 Å². The number of hydrogen-bond donors (Lipinski definition) is 1. The van der Waals surface area contributed by atoms with Gasteiger partial charge in [-0.25, -0.2) is 0 Å². The first-order valence-electron chi connectivity index (χ1n) is 6.51. The fourth-order valence-corrected chi connectivity index (χ4v) is 2.21. The SMILES string of the molecule is [2H]C1(c2ccc(Cl)cc2)OC(N)=C(OS(=O)(=O)C(C)C)C1=O. The number of hydrogen-bond acceptors (Lipinski definition) is 6. The third-order valence-corrected chi connectivity index (χ3v) is 4.54. The van der Waals surface area contributed by atoms with Crippen molar-refractivity contribution in [3.8, 4) is 0 Å². The molecule has 6 nitrogen and oxygen atoms in total. The summed E-state index contributed by atoms with van der Waals surface area (Å²) >= 11 is 5.75. The number of Topliss-reactive ketones (excluding diaryl/α,β-unsaturated/α-hetero) is 1. The molecule has 1 aromatic carbocycles. The highest BCUT2D eigenvalue weighted by Gasteiger charge is 2.39. The quantitative estimate of drug-likeness (QED) is 0.845. The van der Waals surface area contributed by atoms with E-state index in [-0.39, 0.29) is 5.56 Å². The Morgan fingerprint density at radius 2 is 1.95 bits per heavy atom. The number of carbonyl (C=O) groups excluding carboxylic acids is 1. The largest absolute Gasteiger partial charge is 0.460 e. The van der Waals surface area contributed by atoms with Crippen LogP contribution in [-0.2, 0) is 23.8 Å².